The Morgan fingerprint density at radius 3 is 2.83 bits per heavy atom. The first-order valence-corrected chi connectivity index (χ1v) is 10.2. The maximum absolute atomic E-state index is 13.7. The molecular formula is C21H24N2O6. The Morgan fingerprint density at radius 1 is 1.24 bits per heavy atom. The third kappa shape index (κ3) is 1.81. The molecule has 4 saturated heterocycles. The molecule has 0 unspecified atom stereocenters. The number of carbonyl (C=O) groups is 2. The zero-order valence-electron chi connectivity index (χ0n) is 16.6. The van der Waals surface area contributed by atoms with Gasteiger partial charge in [-0.2, -0.15) is 0 Å². The lowest BCUT2D eigenvalue weighted by Gasteiger charge is -2.42. The van der Waals surface area contributed by atoms with Crippen molar-refractivity contribution in [1.29, 1.82) is 0 Å². The predicted octanol–water partition coefficient (Wildman–Crippen LogP) is 1.35. The van der Waals surface area contributed by atoms with Crippen LogP contribution in [0.4, 0.5) is 5.69 Å². The summed E-state index contributed by atoms with van der Waals surface area (Å²) in [6.45, 7) is 4.37. The molecule has 0 aromatic heterocycles. The number of rotatable bonds is 1. The molecule has 0 aliphatic carbocycles. The molecule has 1 aromatic rings. The molecule has 29 heavy (non-hydrogen) atoms. The largest absolute Gasteiger partial charge is 0.467 e. The molecule has 154 valence electrons. The van der Waals surface area contributed by atoms with E-state index in [2.05, 4.69) is 10.2 Å². The van der Waals surface area contributed by atoms with E-state index in [0.717, 1.165) is 18.4 Å². The van der Waals surface area contributed by atoms with Gasteiger partial charge in [0.2, 0.25) is 5.60 Å². The molecule has 0 bridgehead atoms. The van der Waals surface area contributed by atoms with Crippen molar-refractivity contribution in [3.8, 4) is 0 Å². The van der Waals surface area contributed by atoms with Gasteiger partial charge in [-0.25, -0.2) is 4.79 Å². The van der Waals surface area contributed by atoms with E-state index in [1.807, 2.05) is 38.1 Å². The van der Waals surface area contributed by atoms with E-state index < -0.39 is 35.3 Å². The fourth-order valence-electron chi connectivity index (χ4n) is 6.58. The van der Waals surface area contributed by atoms with E-state index in [9.17, 15) is 9.59 Å². The van der Waals surface area contributed by atoms with Crippen molar-refractivity contribution in [3.63, 3.8) is 0 Å². The molecule has 6 atom stereocenters. The average Bonchev–Trinajstić information content (AvgIpc) is 3.42. The molecule has 0 saturated carbocycles. The number of anilines is 1. The number of para-hydroxylation sites is 1. The third-order valence-electron chi connectivity index (χ3n) is 7.28. The van der Waals surface area contributed by atoms with Gasteiger partial charge in [0.05, 0.1) is 7.11 Å². The second kappa shape index (κ2) is 5.37. The average molecular weight is 400 g/mol. The SMILES string of the molecule is COC(=O)[C@]12O[C@@H]3OC(C)(C)O[C@@H]3[C@H]1[C@@H]1CCCN1[C@@]21C(=O)Nc2ccccc21. The van der Waals surface area contributed by atoms with E-state index in [4.69, 9.17) is 18.9 Å². The Hall–Kier alpha value is -2.00. The van der Waals surface area contributed by atoms with Crippen LogP contribution in [0.25, 0.3) is 0 Å². The Morgan fingerprint density at radius 2 is 2.03 bits per heavy atom. The van der Waals surface area contributed by atoms with Crippen LogP contribution in [0.2, 0.25) is 0 Å². The normalized spacial score (nSPS) is 43.8. The van der Waals surface area contributed by atoms with E-state index in [1.54, 1.807) is 0 Å². The molecule has 5 aliphatic heterocycles. The third-order valence-corrected chi connectivity index (χ3v) is 7.28. The van der Waals surface area contributed by atoms with E-state index >= 15 is 0 Å². The second-order valence-corrected chi connectivity index (χ2v) is 8.95. The van der Waals surface area contributed by atoms with E-state index in [-0.39, 0.29) is 17.9 Å². The Kier molecular flexibility index (Phi) is 3.30. The van der Waals surface area contributed by atoms with Crippen molar-refractivity contribution >= 4 is 17.6 Å². The highest BCUT2D eigenvalue weighted by molar-refractivity contribution is 6.11. The fraction of sp³-hybridized carbons (Fsp3) is 0.619. The summed E-state index contributed by atoms with van der Waals surface area (Å²) >= 11 is 0. The molecule has 1 spiro atoms. The second-order valence-electron chi connectivity index (χ2n) is 8.95. The van der Waals surface area contributed by atoms with Gasteiger partial charge in [-0.3, -0.25) is 9.69 Å². The Bertz CT molecular complexity index is 934. The van der Waals surface area contributed by atoms with Crippen LogP contribution in [-0.4, -0.2) is 60.3 Å². The van der Waals surface area contributed by atoms with Crippen LogP contribution >= 0.6 is 0 Å². The molecular weight excluding hydrogens is 376 g/mol. The number of hydrogen-bond donors (Lipinski definition) is 1. The number of methoxy groups -OCH3 is 1. The lowest BCUT2D eigenvalue weighted by molar-refractivity contribution is -0.247. The first kappa shape index (κ1) is 17.8. The van der Waals surface area contributed by atoms with Crippen molar-refractivity contribution in [2.45, 2.75) is 62.1 Å². The molecule has 5 aliphatic rings. The number of carbonyl (C=O) groups excluding carboxylic acids is 2. The summed E-state index contributed by atoms with van der Waals surface area (Å²) in [6, 6.07) is 7.47. The van der Waals surface area contributed by atoms with Crippen molar-refractivity contribution in [1.82, 2.24) is 4.90 Å². The Balaban J connectivity index is 1.63. The van der Waals surface area contributed by atoms with Gasteiger partial charge in [0.1, 0.15) is 6.10 Å². The van der Waals surface area contributed by atoms with Crippen LogP contribution in [0.1, 0.15) is 32.3 Å². The zero-order valence-corrected chi connectivity index (χ0v) is 16.6. The van der Waals surface area contributed by atoms with Gasteiger partial charge in [-0.15, -0.1) is 0 Å². The lowest BCUT2D eigenvalue weighted by Crippen LogP contribution is -2.65. The van der Waals surface area contributed by atoms with Crippen LogP contribution in [-0.2, 0) is 34.1 Å². The molecule has 4 fully saturated rings. The first-order chi connectivity index (χ1) is 13.9. The standard InChI is InChI=1S/C21H24N2O6/c1-19(2)27-15-14-13-9-6-10-23(13)20(11-7-4-5-8-12(11)22-17(20)24)21(14,18(25)26-3)29-16(15)28-19/h4-5,7-8,13-16H,6,9-10H2,1-3H3,(H,22,24)/t13-,14+,15+,16-,20-,21+/m0/s1. The minimum atomic E-state index is -1.53. The molecule has 8 nitrogen and oxygen atoms in total. The van der Waals surface area contributed by atoms with Gasteiger partial charge in [0.25, 0.3) is 5.91 Å². The van der Waals surface area contributed by atoms with Crippen molar-refractivity contribution in [2.24, 2.45) is 5.92 Å². The van der Waals surface area contributed by atoms with Crippen LogP contribution in [0, 0.1) is 5.92 Å². The van der Waals surface area contributed by atoms with Crippen molar-refractivity contribution in [3.05, 3.63) is 29.8 Å². The highest BCUT2D eigenvalue weighted by Crippen LogP contribution is 2.66. The number of ether oxygens (including phenoxy) is 4. The summed E-state index contributed by atoms with van der Waals surface area (Å²) in [4.78, 5) is 29.3. The monoisotopic (exact) mass is 400 g/mol. The maximum Gasteiger partial charge on any atom is 0.341 e. The molecule has 5 heterocycles. The minimum absolute atomic E-state index is 0.0430. The summed E-state index contributed by atoms with van der Waals surface area (Å²) in [5.41, 5.74) is -1.38. The van der Waals surface area contributed by atoms with Crippen molar-refractivity contribution < 1.29 is 28.5 Å². The summed E-state index contributed by atoms with van der Waals surface area (Å²) in [5.74, 6) is -1.99. The van der Waals surface area contributed by atoms with Gasteiger partial charge in [0, 0.05) is 23.2 Å². The first-order valence-electron chi connectivity index (χ1n) is 10.2. The van der Waals surface area contributed by atoms with Crippen molar-refractivity contribution in [2.75, 3.05) is 19.0 Å². The van der Waals surface area contributed by atoms with Crippen LogP contribution in [0.3, 0.4) is 0 Å². The number of esters is 1. The number of benzene rings is 1. The molecule has 1 aromatic carbocycles. The number of nitrogens with zero attached hydrogens (tertiary/aromatic N) is 1. The van der Waals surface area contributed by atoms with Crippen LogP contribution in [0.15, 0.2) is 24.3 Å². The molecule has 8 heteroatoms. The number of amides is 1. The summed E-state index contributed by atoms with van der Waals surface area (Å²) < 4.78 is 24.0. The molecule has 1 amide bonds. The highest BCUT2D eigenvalue weighted by Gasteiger charge is 2.85. The number of nitrogens with one attached hydrogen (secondary N) is 1. The smallest absolute Gasteiger partial charge is 0.341 e. The van der Waals surface area contributed by atoms with Gasteiger partial charge in [0.15, 0.2) is 17.6 Å². The van der Waals surface area contributed by atoms with Gasteiger partial charge in [-0.05, 0) is 39.3 Å². The molecule has 6 rings (SSSR count). The van der Waals surface area contributed by atoms with Gasteiger partial charge in [-0.1, -0.05) is 18.2 Å². The minimum Gasteiger partial charge on any atom is -0.467 e. The summed E-state index contributed by atoms with van der Waals surface area (Å²) in [5, 5.41) is 2.99. The lowest BCUT2D eigenvalue weighted by atomic mass is 9.69. The summed E-state index contributed by atoms with van der Waals surface area (Å²) in [7, 11) is 1.34. The predicted molar refractivity (Wildman–Crippen MR) is 99.6 cm³/mol. The summed E-state index contributed by atoms with van der Waals surface area (Å²) in [6.07, 6.45) is 0.623. The number of fused-ring (bicyclic) bond motifs is 9. The van der Waals surface area contributed by atoms with Crippen LogP contribution < -0.4 is 5.32 Å². The molecule has 1 N–H and O–H groups in total. The van der Waals surface area contributed by atoms with Gasteiger partial charge < -0.3 is 24.3 Å². The highest BCUT2D eigenvalue weighted by atomic mass is 16.8. The van der Waals surface area contributed by atoms with E-state index in [0.29, 0.717) is 12.2 Å². The maximum atomic E-state index is 13.7. The van der Waals surface area contributed by atoms with Gasteiger partial charge >= 0.3 is 5.97 Å². The fourth-order valence-corrected chi connectivity index (χ4v) is 6.58. The topological polar surface area (TPSA) is 86.3 Å². The van der Waals surface area contributed by atoms with E-state index in [1.165, 1.54) is 7.11 Å². The molecule has 0 radical (unpaired) electrons. The van der Waals surface area contributed by atoms with Crippen LogP contribution in [0.5, 0.6) is 0 Å². The quantitative estimate of drug-likeness (QED) is 0.712. The zero-order chi connectivity index (χ0) is 20.2. The Labute approximate surface area is 168 Å². The number of hydrogen-bond acceptors (Lipinski definition) is 7.